The Morgan fingerprint density at radius 3 is 2.75 bits per heavy atom. The smallest absolute Gasteiger partial charge is 0.277 e. The van der Waals surface area contributed by atoms with E-state index in [0.717, 1.165) is 12.8 Å². The quantitative estimate of drug-likeness (QED) is 0.698. The maximum absolute atomic E-state index is 12.1. The number of aromatic nitrogens is 2. The van der Waals surface area contributed by atoms with Gasteiger partial charge in [-0.3, -0.25) is 4.79 Å². The third-order valence-electron chi connectivity index (χ3n) is 4.08. The molecule has 7 heteroatoms. The lowest BCUT2D eigenvalue weighted by atomic mass is 10.1. The maximum atomic E-state index is 12.1. The molecule has 0 aliphatic heterocycles. The van der Waals surface area contributed by atoms with Gasteiger partial charge < -0.3 is 14.6 Å². The van der Waals surface area contributed by atoms with Gasteiger partial charge in [0.05, 0.1) is 26.4 Å². The second-order valence-electron chi connectivity index (χ2n) is 6.31. The fourth-order valence-electron chi connectivity index (χ4n) is 2.51. The Morgan fingerprint density at radius 2 is 2.08 bits per heavy atom. The molecule has 24 heavy (non-hydrogen) atoms. The molecule has 1 aromatic heterocycles. The van der Waals surface area contributed by atoms with Gasteiger partial charge in [0, 0.05) is 11.5 Å². The summed E-state index contributed by atoms with van der Waals surface area (Å²) in [6.07, 6.45) is 2.25. The number of thioether (sulfide) groups is 1. The van der Waals surface area contributed by atoms with Gasteiger partial charge in [-0.1, -0.05) is 42.1 Å². The first kappa shape index (κ1) is 17.0. The highest BCUT2D eigenvalue weighted by atomic mass is 32.2. The monoisotopic (exact) mass is 347 g/mol. The first-order chi connectivity index (χ1) is 11.6. The highest BCUT2D eigenvalue weighted by Gasteiger charge is 2.29. The van der Waals surface area contributed by atoms with Gasteiger partial charge in [0.25, 0.3) is 5.22 Å². The molecule has 6 nitrogen and oxygen atoms in total. The number of benzene rings is 1. The number of carbonyl (C=O) groups is 1. The van der Waals surface area contributed by atoms with Crippen LogP contribution in [0.5, 0.6) is 0 Å². The Hall–Kier alpha value is -1.86. The van der Waals surface area contributed by atoms with E-state index in [1.165, 1.54) is 22.2 Å². The van der Waals surface area contributed by atoms with Crippen molar-refractivity contribution < 1.29 is 14.1 Å². The van der Waals surface area contributed by atoms with Gasteiger partial charge in [0.2, 0.25) is 11.8 Å². The number of likely N-dealkylation sites (N-methyl/N-ethyl adjacent to an activating group) is 1. The van der Waals surface area contributed by atoms with Crippen molar-refractivity contribution in [2.24, 2.45) is 0 Å². The molecule has 1 fully saturated rings. The molecule has 128 valence electrons. The lowest BCUT2D eigenvalue weighted by Gasteiger charge is -2.22. The van der Waals surface area contributed by atoms with Crippen LogP contribution in [0.15, 0.2) is 40.0 Å². The molecule has 1 aromatic carbocycles. The van der Waals surface area contributed by atoms with Gasteiger partial charge in [-0.25, -0.2) is 0 Å². The van der Waals surface area contributed by atoms with E-state index in [1.54, 1.807) is 0 Å². The molecule has 2 N–H and O–H groups in total. The third kappa shape index (κ3) is 4.58. The van der Waals surface area contributed by atoms with Crippen molar-refractivity contribution in [3.05, 3.63) is 41.8 Å². The largest absolute Gasteiger partial charge is 0.416 e. The van der Waals surface area contributed by atoms with Crippen molar-refractivity contribution in [2.75, 3.05) is 26.4 Å². The first-order valence-electron chi connectivity index (χ1n) is 8.21. The zero-order valence-corrected chi connectivity index (χ0v) is 14.8. The van der Waals surface area contributed by atoms with E-state index in [2.05, 4.69) is 41.7 Å². The van der Waals surface area contributed by atoms with Gasteiger partial charge in [-0.2, -0.15) is 0 Å². The fraction of sp³-hybridized carbons (Fsp3) is 0.471. The number of nitrogens with one attached hydrogen (secondary N) is 2. The van der Waals surface area contributed by atoms with Gasteiger partial charge in [-0.05, 0) is 12.8 Å². The van der Waals surface area contributed by atoms with Crippen LogP contribution in [0.1, 0.15) is 36.3 Å². The molecule has 1 aliphatic rings. The van der Waals surface area contributed by atoms with Crippen molar-refractivity contribution in [3.63, 3.8) is 0 Å². The number of nitrogens with zero attached hydrogens (tertiary/aromatic N) is 2. The topological polar surface area (TPSA) is 72.5 Å². The molecule has 1 saturated carbocycles. The Morgan fingerprint density at radius 1 is 1.33 bits per heavy atom. The predicted molar refractivity (Wildman–Crippen MR) is 92.0 cm³/mol. The summed E-state index contributed by atoms with van der Waals surface area (Å²) in [6.45, 7) is 0.600. The van der Waals surface area contributed by atoms with Crippen LogP contribution in [0.2, 0.25) is 0 Å². The fourth-order valence-corrected chi connectivity index (χ4v) is 3.11. The Kier molecular flexibility index (Phi) is 5.52. The van der Waals surface area contributed by atoms with Gasteiger partial charge >= 0.3 is 0 Å². The second kappa shape index (κ2) is 7.81. The summed E-state index contributed by atoms with van der Waals surface area (Å²) in [5.74, 6) is 1.42. The minimum absolute atomic E-state index is 0.0200. The number of rotatable bonds is 8. The van der Waals surface area contributed by atoms with E-state index in [9.17, 15) is 4.79 Å². The van der Waals surface area contributed by atoms with Crippen LogP contribution in [0.4, 0.5) is 0 Å². The van der Waals surface area contributed by atoms with E-state index in [1.807, 2.05) is 18.2 Å². The third-order valence-corrected chi connectivity index (χ3v) is 4.90. The molecular formula is C17H23N4O2S+. The molecule has 3 rings (SSSR count). The van der Waals surface area contributed by atoms with E-state index < -0.39 is 0 Å². The Balaban J connectivity index is 1.46. The molecule has 1 heterocycles. The maximum Gasteiger partial charge on any atom is 0.277 e. The highest BCUT2D eigenvalue weighted by Crippen LogP contribution is 2.39. The standard InChI is InChI=1S/C17H22N4O2S/c1-21(2)14(12-6-4-3-5-7-12)10-18-15(22)11-24-17-20-19-16(23-17)13-8-9-13/h3-7,13-14H,8-11H2,1-2H3,(H,18,22)/p+1/t14-/m0/s1. The summed E-state index contributed by atoms with van der Waals surface area (Å²) < 4.78 is 5.55. The van der Waals surface area contributed by atoms with Crippen LogP contribution in [0, 0.1) is 0 Å². The summed E-state index contributed by atoms with van der Waals surface area (Å²) in [5, 5.41) is 11.5. The molecule has 2 aromatic rings. The minimum Gasteiger partial charge on any atom is -0.416 e. The number of hydrogen-bond acceptors (Lipinski definition) is 5. The Labute approximate surface area is 146 Å². The number of hydrogen-bond donors (Lipinski definition) is 2. The van der Waals surface area contributed by atoms with Crippen LogP contribution in [-0.4, -0.2) is 42.5 Å². The van der Waals surface area contributed by atoms with Gasteiger partial charge in [0.15, 0.2) is 0 Å². The summed E-state index contributed by atoms with van der Waals surface area (Å²) in [4.78, 5) is 13.4. The van der Waals surface area contributed by atoms with Crippen LogP contribution >= 0.6 is 11.8 Å². The van der Waals surface area contributed by atoms with Gasteiger partial charge in [0.1, 0.15) is 6.04 Å². The van der Waals surface area contributed by atoms with Gasteiger partial charge in [-0.15, -0.1) is 10.2 Å². The molecule has 0 radical (unpaired) electrons. The number of amides is 1. The van der Waals surface area contributed by atoms with Crippen LogP contribution < -0.4 is 10.2 Å². The van der Waals surface area contributed by atoms with E-state index in [4.69, 9.17) is 4.42 Å². The lowest BCUT2D eigenvalue weighted by molar-refractivity contribution is -0.890. The number of carbonyl (C=O) groups excluding carboxylic acids is 1. The van der Waals surface area contributed by atoms with Crippen molar-refractivity contribution in [1.29, 1.82) is 0 Å². The van der Waals surface area contributed by atoms with Crippen molar-refractivity contribution in [1.82, 2.24) is 15.5 Å². The summed E-state index contributed by atoms with van der Waals surface area (Å²) >= 11 is 1.29. The number of quaternary nitrogens is 1. The van der Waals surface area contributed by atoms with Crippen molar-refractivity contribution in [3.8, 4) is 0 Å². The van der Waals surface area contributed by atoms with Crippen molar-refractivity contribution >= 4 is 17.7 Å². The summed E-state index contributed by atoms with van der Waals surface area (Å²) in [5.41, 5.74) is 1.22. The molecule has 1 atom stereocenters. The molecule has 0 bridgehead atoms. The molecule has 1 aliphatic carbocycles. The predicted octanol–water partition coefficient (Wildman–Crippen LogP) is 1.04. The van der Waals surface area contributed by atoms with Crippen LogP contribution in [0.3, 0.4) is 0 Å². The summed E-state index contributed by atoms with van der Waals surface area (Å²) in [6, 6.07) is 10.5. The lowest BCUT2D eigenvalue weighted by Crippen LogP contribution is -3.07. The van der Waals surface area contributed by atoms with Crippen molar-refractivity contribution in [2.45, 2.75) is 30.0 Å². The zero-order chi connectivity index (χ0) is 16.9. The van der Waals surface area contributed by atoms with Crippen LogP contribution in [-0.2, 0) is 4.79 Å². The average Bonchev–Trinajstić information content (AvgIpc) is 3.32. The van der Waals surface area contributed by atoms with Crippen LogP contribution in [0.25, 0.3) is 0 Å². The zero-order valence-electron chi connectivity index (χ0n) is 14.0. The minimum atomic E-state index is -0.0200. The van der Waals surface area contributed by atoms with E-state index in [-0.39, 0.29) is 17.7 Å². The van der Waals surface area contributed by atoms with E-state index >= 15 is 0 Å². The van der Waals surface area contributed by atoms with E-state index in [0.29, 0.717) is 23.6 Å². The molecule has 1 amide bonds. The second-order valence-corrected chi connectivity index (χ2v) is 7.24. The highest BCUT2D eigenvalue weighted by molar-refractivity contribution is 7.99. The molecule has 0 saturated heterocycles. The molecule has 0 spiro atoms. The SMILES string of the molecule is C[NH+](C)[C@@H](CNC(=O)CSc1nnc(C2CC2)o1)c1ccccc1. The first-order valence-corrected chi connectivity index (χ1v) is 9.20. The summed E-state index contributed by atoms with van der Waals surface area (Å²) in [7, 11) is 4.19. The molecule has 0 unspecified atom stereocenters. The molecular weight excluding hydrogens is 324 g/mol. The normalized spacial score (nSPS) is 15.5. The Bertz CT molecular complexity index is 670. The average molecular weight is 347 g/mol.